The summed E-state index contributed by atoms with van der Waals surface area (Å²) in [5.41, 5.74) is -0.0415. The second-order valence-corrected chi connectivity index (χ2v) is 12.9. The van der Waals surface area contributed by atoms with Gasteiger partial charge in [-0.2, -0.15) is 0 Å². The third-order valence-electron chi connectivity index (χ3n) is 11.2. The fraction of sp³-hybridized carbons (Fsp3) is 0.963. The van der Waals surface area contributed by atoms with Crippen LogP contribution >= 0.6 is 0 Å². The number of hydrogen-bond donors (Lipinski definition) is 1. The first-order valence-corrected chi connectivity index (χ1v) is 13.4. The normalized spacial score (nSPS) is 56.2. The molecule has 0 bridgehead atoms. The van der Waals surface area contributed by atoms with Crippen LogP contribution in [0.4, 0.5) is 0 Å². The highest BCUT2D eigenvalue weighted by atomic mass is 16.5. The van der Waals surface area contributed by atoms with Crippen LogP contribution in [0, 0.1) is 46.8 Å². The molecule has 1 aliphatic heterocycles. The van der Waals surface area contributed by atoms with Crippen molar-refractivity contribution in [3.05, 3.63) is 0 Å². The Bertz CT molecular complexity index is 730. The van der Waals surface area contributed by atoms with Gasteiger partial charge in [-0.25, -0.2) is 0 Å². The second-order valence-electron chi connectivity index (χ2n) is 12.9. The van der Waals surface area contributed by atoms with E-state index in [2.05, 4.69) is 25.7 Å². The summed E-state index contributed by atoms with van der Waals surface area (Å²) < 4.78 is 5.88. The van der Waals surface area contributed by atoms with E-state index in [9.17, 15) is 9.90 Å². The predicted octanol–water partition coefficient (Wildman–Crippen LogP) is 4.29. The number of carbonyl (C=O) groups is 1. The van der Waals surface area contributed by atoms with Crippen molar-refractivity contribution in [1.29, 1.82) is 0 Å². The van der Waals surface area contributed by atoms with Crippen LogP contribution in [-0.4, -0.2) is 53.2 Å². The van der Waals surface area contributed by atoms with E-state index >= 15 is 0 Å². The highest BCUT2D eigenvalue weighted by molar-refractivity contribution is 5.84. The number of carbonyl (C=O) groups excluding carboxylic acids is 1. The van der Waals surface area contributed by atoms with Gasteiger partial charge in [0.1, 0.15) is 5.78 Å². The maximum atomic E-state index is 13.5. The van der Waals surface area contributed by atoms with Gasteiger partial charge in [-0.3, -0.25) is 9.69 Å². The Hall–Kier alpha value is -0.450. The van der Waals surface area contributed by atoms with Gasteiger partial charge in [-0.05, 0) is 113 Å². The lowest BCUT2D eigenvalue weighted by molar-refractivity contribution is -0.135. The van der Waals surface area contributed by atoms with E-state index in [4.69, 9.17) is 4.74 Å². The molecule has 11 atom stereocenters. The molecule has 174 valence electrons. The van der Waals surface area contributed by atoms with Crippen molar-refractivity contribution >= 4 is 5.78 Å². The largest absolute Gasteiger partial charge is 0.390 e. The Balaban J connectivity index is 1.15. The monoisotopic (exact) mass is 429 g/mol. The van der Waals surface area contributed by atoms with Crippen LogP contribution in [-0.2, 0) is 9.53 Å². The first kappa shape index (κ1) is 21.1. The quantitative estimate of drug-likeness (QED) is 0.727. The van der Waals surface area contributed by atoms with Crippen molar-refractivity contribution in [2.75, 3.05) is 19.6 Å². The Morgan fingerprint density at radius 2 is 1.55 bits per heavy atom. The van der Waals surface area contributed by atoms with Gasteiger partial charge in [0.2, 0.25) is 0 Å². The van der Waals surface area contributed by atoms with Gasteiger partial charge < -0.3 is 9.84 Å². The number of ether oxygens (including phenoxy) is 1. The van der Waals surface area contributed by atoms with Crippen LogP contribution in [0.1, 0.15) is 78.6 Å². The number of rotatable bonds is 3. The number of aliphatic hydroxyl groups is 1. The Morgan fingerprint density at radius 3 is 2.26 bits per heavy atom. The molecule has 5 saturated carbocycles. The molecule has 4 nitrogen and oxygen atoms in total. The summed E-state index contributed by atoms with van der Waals surface area (Å²) in [6.07, 6.45) is 11.5. The van der Waals surface area contributed by atoms with Crippen molar-refractivity contribution in [2.45, 2.75) is 96.4 Å². The molecule has 0 radical (unpaired) electrons. The van der Waals surface area contributed by atoms with E-state index in [0.717, 1.165) is 61.9 Å². The van der Waals surface area contributed by atoms with Gasteiger partial charge in [0, 0.05) is 19.0 Å². The third kappa shape index (κ3) is 3.29. The maximum absolute atomic E-state index is 13.5. The van der Waals surface area contributed by atoms with Crippen LogP contribution < -0.4 is 0 Å². The summed E-state index contributed by atoms with van der Waals surface area (Å²) in [7, 11) is 0. The molecular formula is C27H43NO3. The molecule has 1 heterocycles. The van der Waals surface area contributed by atoms with E-state index < -0.39 is 0 Å². The van der Waals surface area contributed by atoms with E-state index in [0.29, 0.717) is 18.2 Å². The molecule has 0 spiro atoms. The summed E-state index contributed by atoms with van der Waals surface area (Å²) in [4.78, 5) is 15.9. The molecule has 4 heteroatoms. The van der Waals surface area contributed by atoms with Crippen molar-refractivity contribution < 1.29 is 14.6 Å². The van der Waals surface area contributed by atoms with E-state index in [1.54, 1.807) is 0 Å². The molecule has 0 amide bonds. The first-order chi connectivity index (χ1) is 14.8. The minimum atomic E-state index is -0.267. The molecule has 0 aromatic rings. The summed E-state index contributed by atoms with van der Waals surface area (Å²) >= 11 is 0. The number of fused-ring (bicyclic) bond motifs is 7. The van der Waals surface area contributed by atoms with Gasteiger partial charge in [0.15, 0.2) is 0 Å². The minimum absolute atomic E-state index is 0.226. The second kappa shape index (κ2) is 7.27. The fourth-order valence-corrected chi connectivity index (χ4v) is 9.96. The van der Waals surface area contributed by atoms with Crippen molar-refractivity contribution in [2.24, 2.45) is 46.8 Å². The van der Waals surface area contributed by atoms with E-state index in [-0.39, 0.29) is 29.1 Å². The lowest BCUT2D eigenvalue weighted by atomic mass is 9.49. The maximum Gasteiger partial charge on any atom is 0.150 e. The molecule has 1 saturated heterocycles. The van der Waals surface area contributed by atoms with Crippen molar-refractivity contribution in [3.63, 3.8) is 0 Å². The molecule has 11 unspecified atom stereocenters. The molecule has 5 aliphatic carbocycles. The zero-order valence-electron chi connectivity index (χ0n) is 19.9. The number of Topliss-reactive ketones (excluding diaryl/α,β-unsaturated/α-hetero) is 1. The molecular weight excluding hydrogens is 386 g/mol. The van der Waals surface area contributed by atoms with E-state index in [1.165, 1.54) is 38.5 Å². The molecule has 31 heavy (non-hydrogen) atoms. The number of ketones is 1. The van der Waals surface area contributed by atoms with Crippen LogP contribution in [0.5, 0.6) is 0 Å². The van der Waals surface area contributed by atoms with Gasteiger partial charge in [0.05, 0.1) is 24.4 Å². The topological polar surface area (TPSA) is 49.8 Å². The molecule has 0 aromatic heterocycles. The fourth-order valence-electron chi connectivity index (χ4n) is 9.96. The SMILES string of the molecule is CC1CN(CC(=O)C2CCC3C4CCC5C(CCC6(O)CC56)C4CCC23C)CC(C)O1. The zero-order chi connectivity index (χ0) is 21.5. The highest BCUT2D eigenvalue weighted by Crippen LogP contribution is 2.68. The molecule has 6 fully saturated rings. The van der Waals surface area contributed by atoms with Gasteiger partial charge in [-0.15, -0.1) is 0 Å². The average molecular weight is 430 g/mol. The number of nitrogens with zero attached hydrogens (tertiary/aromatic N) is 1. The number of hydrogen-bond acceptors (Lipinski definition) is 4. The summed E-state index contributed by atoms with van der Waals surface area (Å²) in [6.45, 7) is 9.16. The van der Waals surface area contributed by atoms with Crippen LogP contribution in [0.3, 0.4) is 0 Å². The minimum Gasteiger partial charge on any atom is -0.390 e. The molecule has 1 N–H and O–H groups in total. The zero-order valence-corrected chi connectivity index (χ0v) is 19.9. The summed E-state index contributed by atoms with van der Waals surface area (Å²) in [5.74, 6) is 5.53. The Kier molecular flexibility index (Phi) is 4.95. The van der Waals surface area contributed by atoms with Gasteiger partial charge >= 0.3 is 0 Å². The Morgan fingerprint density at radius 1 is 0.903 bits per heavy atom. The highest BCUT2D eigenvalue weighted by Gasteiger charge is 2.65. The molecule has 6 rings (SSSR count). The average Bonchev–Trinajstić information content (AvgIpc) is 3.28. The smallest absolute Gasteiger partial charge is 0.150 e. The Labute approximate surface area is 188 Å². The third-order valence-corrected chi connectivity index (χ3v) is 11.2. The predicted molar refractivity (Wildman–Crippen MR) is 120 cm³/mol. The van der Waals surface area contributed by atoms with Crippen molar-refractivity contribution in [3.8, 4) is 0 Å². The lowest BCUT2D eigenvalue weighted by Crippen LogP contribution is -2.52. The number of morpholine rings is 1. The van der Waals surface area contributed by atoms with Crippen molar-refractivity contribution in [1.82, 2.24) is 4.90 Å². The van der Waals surface area contributed by atoms with Crippen LogP contribution in [0.15, 0.2) is 0 Å². The summed E-state index contributed by atoms with van der Waals surface area (Å²) in [5, 5.41) is 10.7. The summed E-state index contributed by atoms with van der Waals surface area (Å²) in [6, 6.07) is 0. The van der Waals surface area contributed by atoms with Gasteiger partial charge in [0.25, 0.3) is 0 Å². The van der Waals surface area contributed by atoms with Crippen LogP contribution in [0.25, 0.3) is 0 Å². The van der Waals surface area contributed by atoms with Crippen LogP contribution in [0.2, 0.25) is 0 Å². The lowest BCUT2D eigenvalue weighted by Gasteiger charge is -2.56. The standard InChI is InChI=1S/C27H43NO3/c1-16-13-28(14-17(2)31-16)15-25(29)23-7-6-22-20-4-5-21-19(9-11-27(30)12-24(21)27)18(20)8-10-26(22,23)3/h16-24,30H,4-15H2,1-3H3. The molecule has 6 aliphatic rings. The first-order valence-electron chi connectivity index (χ1n) is 13.4. The van der Waals surface area contributed by atoms with Gasteiger partial charge in [-0.1, -0.05) is 6.92 Å². The van der Waals surface area contributed by atoms with E-state index in [1.807, 2.05) is 0 Å². The molecule has 0 aromatic carbocycles.